The van der Waals surface area contributed by atoms with Crippen molar-refractivity contribution >= 4 is 5.91 Å². The molecule has 0 aromatic heterocycles. The molecule has 0 aliphatic carbocycles. The average Bonchev–Trinajstić information content (AvgIpc) is 2.21. The first kappa shape index (κ1) is 13.9. The molecule has 0 aromatic carbocycles. The molecule has 0 aliphatic heterocycles. The van der Waals surface area contributed by atoms with Crippen molar-refractivity contribution in [2.24, 2.45) is 5.92 Å². The average molecular weight is 212 g/mol. The molecule has 0 fully saturated rings. The van der Waals surface area contributed by atoms with Gasteiger partial charge in [-0.3, -0.25) is 4.79 Å². The first-order chi connectivity index (χ1) is 7.02. The number of hydrogen-bond donors (Lipinski definition) is 0. The second-order valence-corrected chi connectivity index (χ2v) is 3.96. The molecule has 0 saturated heterocycles. The Morgan fingerprint density at radius 2 is 2.07 bits per heavy atom. The molecule has 1 amide bonds. The van der Waals surface area contributed by atoms with Gasteiger partial charge in [0.05, 0.1) is 12.5 Å². The Morgan fingerprint density at radius 1 is 1.47 bits per heavy atom. The minimum absolute atomic E-state index is 0.0403. The summed E-state index contributed by atoms with van der Waals surface area (Å²) in [7, 11) is 1.51. The van der Waals surface area contributed by atoms with Gasteiger partial charge in [-0.1, -0.05) is 13.8 Å². The van der Waals surface area contributed by atoms with Gasteiger partial charge in [0.25, 0.3) is 5.91 Å². The van der Waals surface area contributed by atoms with Crippen LogP contribution in [0.2, 0.25) is 0 Å². The first-order valence-electron chi connectivity index (χ1n) is 5.21. The van der Waals surface area contributed by atoms with E-state index in [0.717, 1.165) is 0 Å². The van der Waals surface area contributed by atoms with E-state index in [1.807, 2.05) is 19.9 Å². The summed E-state index contributed by atoms with van der Waals surface area (Å²) in [4.78, 5) is 13.5. The van der Waals surface area contributed by atoms with E-state index >= 15 is 0 Å². The van der Waals surface area contributed by atoms with Crippen LogP contribution in [0.25, 0.3) is 0 Å². The third-order valence-corrected chi connectivity index (χ3v) is 2.09. The zero-order chi connectivity index (χ0) is 11.8. The van der Waals surface area contributed by atoms with Crippen molar-refractivity contribution < 1.29 is 9.53 Å². The summed E-state index contributed by atoms with van der Waals surface area (Å²) in [6.45, 7) is 6.98. The van der Waals surface area contributed by atoms with Crippen LogP contribution in [-0.2, 0) is 9.53 Å². The topological polar surface area (TPSA) is 53.3 Å². The fourth-order valence-corrected chi connectivity index (χ4v) is 1.28. The molecule has 0 bridgehead atoms. The number of nitriles is 1. The molecule has 0 radical (unpaired) electrons. The molecular formula is C11H20N2O2. The maximum atomic E-state index is 11.8. The van der Waals surface area contributed by atoms with Crippen LogP contribution in [0.15, 0.2) is 0 Å². The minimum Gasteiger partial charge on any atom is -0.372 e. The van der Waals surface area contributed by atoms with Crippen molar-refractivity contribution in [3.8, 4) is 6.07 Å². The number of methoxy groups -OCH3 is 1. The van der Waals surface area contributed by atoms with Gasteiger partial charge in [0.1, 0.15) is 6.10 Å². The molecule has 0 aliphatic rings. The highest BCUT2D eigenvalue weighted by Gasteiger charge is 2.20. The van der Waals surface area contributed by atoms with Crippen LogP contribution in [0, 0.1) is 17.2 Å². The van der Waals surface area contributed by atoms with Crippen LogP contribution in [0.1, 0.15) is 27.2 Å². The van der Waals surface area contributed by atoms with Crippen LogP contribution in [0.3, 0.4) is 0 Å². The van der Waals surface area contributed by atoms with E-state index in [1.54, 1.807) is 11.8 Å². The van der Waals surface area contributed by atoms with E-state index in [4.69, 9.17) is 10.00 Å². The smallest absolute Gasteiger partial charge is 0.251 e. The highest BCUT2D eigenvalue weighted by molar-refractivity contribution is 5.80. The standard InChI is InChI=1S/C11H20N2O2/c1-9(2)8-13(7-5-6-12)11(14)10(3)15-4/h9-10H,5,7-8H2,1-4H3. The third kappa shape index (κ3) is 5.38. The van der Waals surface area contributed by atoms with Crippen molar-refractivity contribution in [1.29, 1.82) is 5.26 Å². The second kappa shape index (κ2) is 7.24. The van der Waals surface area contributed by atoms with Gasteiger partial charge in [0.15, 0.2) is 0 Å². The van der Waals surface area contributed by atoms with E-state index in [0.29, 0.717) is 25.4 Å². The normalized spacial score (nSPS) is 12.3. The Balaban J connectivity index is 4.34. The van der Waals surface area contributed by atoms with Crippen LogP contribution >= 0.6 is 0 Å². The lowest BCUT2D eigenvalue weighted by Gasteiger charge is -2.26. The Kier molecular flexibility index (Phi) is 6.72. The Morgan fingerprint density at radius 3 is 2.47 bits per heavy atom. The van der Waals surface area contributed by atoms with Crippen molar-refractivity contribution in [1.82, 2.24) is 4.90 Å². The third-order valence-electron chi connectivity index (χ3n) is 2.09. The largest absolute Gasteiger partial charge is 0.372 e. The highest BCUT2D eigenvalue weighted by atomic mass is 16.5. The zero-order valence-electron chi connectivity index (χ0n) is 9.99. The quantitative estimate of drug-likeness (QED) is 0.669. The fourth-order valence-electron chi connectivity index (χ4n) is 1.28. The number of hydrogen-bond acceptors (Lipinski definition) is 3. The summed E-state index contributed by atoms with van der Waals surface area (Å²) in [5.41, 5.74) is 0. The van der Waals surface area contributed by atoms with Gasteiger partial charge >= 0.3 is 0 Å². The monoisotopic (exact) mass is 212 g/mol. The number of nitrogens with zero attached hydrogens (tertiary/aromatic N) is 2. The van der Waals surface area contributed by atoms with Gasteiger partial charge < -0.3 is 9.64 Å². The van der Waals surface area contributed by atoms with Gasteiger partial charge in [-0.2, -0.15) is 5.26 Å². The molecule has 0 heterocycles. The molecule has 0 spiro atoms. The van der Waals surface area contributed by atoms with Gasteiger partial charge in [-0.05, 0) is 12.8 Å². The zero-order valence-corrected chi connectivity index (χ0v) is 9.99. The number of carbonyl (C=O) groups is 1. The molecular weight excluding hydrogens is 192 g/mol. The summed E-state index contributed by atoms with van der Waals surface area (Å²) in [6.07, 6.45) is -0.0584. The van der Waals surface area contributed by atoms with Crippen LogP contribution in [-0.4, -0.2) is 37.1 Å². The van der Waals surface area contributed by atoms with Crippen molar-refractivity contribution in [3.05, 3.63) is 0 Å². The van der Waals surface area contributed by atoms with Crippen molar-refractivity contribution in [3.63, 3.8) is 0 Å². The molecule has 1 unspecified atom stereocenters. The Labute approximate surface area is 91.8 Å². The molecule has 0 rings (SSSR count). The summed E-state index contributed by atoms with van der Waals surface area (Å²) < 4.78 is 4.98. The maximum Gasteiger partial charge on any atom is 0.251 e. The summed E-state index contributed by atoms with van der Waals surface area (Å²) in [5.74, 6) is 0.359. The molecule has 0 aromatic rings. The van der Waals surface area contributed by atoms with E-state index in [-0.39, 0.29) is 5.91 Å². The van der Waals surface area contributed by atoms with E-state index in [1.165, 1.54) is 7.11 Å². The summed E-state index contributed by atoms with van der Waals surface area (Å²) in [5, 5.41) is 8.51. The molecule has 0 N–H and O–H groups in total. The number of rotatable bonds is 6. The summed E-state index contributed by atoms with van der Waals surface area (Å²) in [6, 6.07) is 2.05. The fraction of sp³-hybridized carbons (Fsp3) is 0.818. The van der Waals surface area contributed by atoms with Gasteiger partial charge in [0, 0.05) is 20.2 Å². The second-order valence-electron chi connectivity index (χ2n) is 3.96. The molecule has 4 nitrogen and oxygen atoms in total. The van der Waals surface area contributed by atoms with E-state index in [2.05, 4.69) is 0 Å². The number of amides is 1. The van der Waals surface area contributed by atoms with E-state index < -0.39 is 6.10 Å². The van der Waals surface area contributed by atoms with Crippen molar-refractivity contribution in [2.45, 2.75) is 33.3 Å². The van der Waals surface area contributed by atoms with Crippen molar-refractivity contribution in [2.75, 3.05) is 20.2 Å². The molecule has 1 atom stereocenters. The van der Waals surface area contributed by atoms with Gasteiger partial charge in [-0.15, -0.1) is 0 Å². The first-order valence-corrected chi connectivity index (χ1v) is 5.21. The SMILES string of the molecule is COC(C)C(=O)N(CCC#N)CC(C)C. The predicted molar refractivity (Wildman–Crippen MR) is 58.1 cm³/mol. The Hall–Kier alpha value is -1.08. The Bertz CT molecular complexity index is 233. The molecule has 15 heavy (non-hydrogen) atoms. The van der Waals surface area contributed by atoms with E-state index in [9.17, 15) is 4.79 Å². The lowest BCUT2D eigenvalue weighted by Crippen LogP contribution is -2.41. The number of ether oxygens (including phenoxy) is 1. The maximum absolute atomic E-state index is 11.8. The highest BCUT2D eigenvalue weighted by Crippen LogP contribution is 2.04. The lowest BCUT2D eigenvalue weighted by atomic mass is 10.2. The predicted octanol–water partition coefficient (Wildman–Crippen LogP) is 1.42. The molecule has 4 heteroatoms. The molecule has 86 valence electrons. The van der Waals surface area contributed by atoms with Gasteiger partial charge in [-0.25, -0.2) is 0 Å². The van der Waals surface area contributed by atoms with Gasteiger partial charge in [0.2, 0.25) is 0 Å². The van der Waals surface area contributed by atoms with Crippen LogP contribution < -0.4 is 0 Å². The number of carbonyl (C=O) groups excluding carboxylic acids is 1. The minimum atomic E-state index is -0.428. The molecule has 0 saturated carbocycles. The lowest BCUT2D eigenvalue weighted by molar-refractivity contribution is -0.141. The summed E-state index contributed by atoms with van der Waals surface area (Å²) >= 11 is 0. The van der Waals surface area contributed by atoms with Crippen LogP contribution in [0.5, 0.6) is 0 Å². The van der Waals surface area contributed by atoms with Crippen LogP contribution in [0.4, 0.5) is 0 Å².